The van der Waals surface area contributed by atoms with Gasteiger partial charge in [-0.25, -0.2) is 0 Å². The lowest BCUT2D eigenvalue weighted by molar-refractivity contribution is 0.779. The lowest BCUT2D eigenvalue weighted by Crippen LogP contribution is -2.19. The van der Waals surface area contributed by atoms with Crippen molar-refractivity contribution in [1.29, 1.82) is 5.26 Å². The molecule has 62 valence electrons. The van der Waals surface area contributed by atoms with E-state index in [1.807, 2.05) is 6.07 Å². The minimum absolute atomic E-state index is 0.0663. The van der Waals surface area contributed by atoms with Crippen molar-refractivity contribution in [3.8, 4) is 6.07 Å². The number of aromatic nitrogens is 1. The second-order valence-electron chi connectivity index (χ2n) is 2.10. The molecule has 0 aliphatic carbocycles. The Morgan fingerprint density at radius 2 is 2.25 bits per heavy atom. The minimum Gasteiger partial charge on any atom is -0.300 e. The molecule has 1 rings (SSSR count). The number of hydrogen-bond donors (Lipinski definition) is 0. The lowest BCUT2D eigenvalue weighted by atomic mass is 10.5. The van der Waals surface area contributed by atoms with Crippen LogP contribution in [0.2, 0.25) is 0 Å². The maximum atomic E-state index is 11.3. The molecule has 0 fully saturated rings. The fourth-order valence-electron chi connectivity index (χ4n) is 0.758. The van der Waals surface area contributed by atoms with E-state index < -0.39 is 0 Å². The fourth-order valence-corrected chi connectivity index (χ4v) is 2.02. The summed E-state index contributed by atoms with van der Waals surface area (Å²) in [6.45, 7) is 0.0663. The molecule has 0 aliphatic rings. The molecule has 12 heavy (non-hydrogen) atoms. The van der Waals surface area contributed by atoms with Crippen molar-refractivity contribution < 1.29 is 0 Å². The summed E-state index contributed by atoms with van der Waals surface area (Å²) in [5, 5.41) is 8.39. The first-order chi connectivity index (χ1) is 5.65. The Labute approximate surface area is 85.9 Å². The molecule has 0 saturated heterocycles. The highest BCUT2D eigenvalue weighted by Crippen LogP contribution is 2.12. The van der Waals surface area contributed by atoms with E-state index in [0.717, 1.165) is 4.47 Å². The summed E-state index contributed by atoms with van der Waals surface area (Å²) in [5.74, 6) is 0. The van der Waals surface area contributed by atoms with Gasteiger partial charge in [0.2, 0.25) is 0 Å². The van der Waals surface area contributed by atoms with Crippen LogP contribution in [0.3, 0.4) is 0 Å². The third-order valence-electron chi connectivity index (χ3n) is 1.25. The number of pyridine rings is 1. The number of nitrogens with zero attached hydrogens (tertiary/aromatic N) is 2. The van der Waals surface area contributed by atoms with Gasteiger partial charge in [-0.15, -0.1) is 0 Å². The SMILES string of the molecule is N#CCn1cc(Br)cc(Br)c1=O. The molecule has 0 aromatic carbocycles. The summed E-state index contributed by atoms with van der Waals surface area (Å²) in [5.41, 5.74) is -0.195. The molecule has 1 heterocycles. The van der Waals surface area contributed by atoms with Crippen LogP contribution in [0.5, 0.6) is 0 Å². The Bertz CT molecular complexity index is 391. The molecule has 0 unspecified atom stereocenters. The van der Waals surface area contributed by atoms with E-state index >= 15 is 0 Å². The Balaban J connectivity index is 3.30. The molecule has 0 saturated carbocycles. The number of hydrogen-bond acceptors (Lipinski definition) is 2. The van der Waals surface area contributed by atoms with Crippen molar-refractivity contribution in [3.63, 3.8) is 0 Å². The molecule has 0 spiro atoms. The van der Waals surface area contributed by atoms with Gasteiger partial charge in [0.25, 0.3) is 5.56 Å². The molecule has 0 atom stereocenters. The molecule has 1 aromatic heterocycles. The second-order valence-corrected chi connectivity index (χ2v) is 3.87. The number of halogens is 2. The first-order valence-electron chi connectivity index (χ1n) is 3.07. The van der Waals surface area contributed by atoms with E-state index in [1.165, 1.54) is 4.57 Å². The molecule has 0 aliphatic heterocycles. The highest BCUT2D eigenvalue weighted by Gasteiger charge is 2.01. The van der Waals surface area contributed by atoms with Crippen LogP contribution in [-0.2, 0) is 6.54 Å². The van der Waals surface area contributed by atoms with E-state index in [1.54, 1.807) is 12.3 Å². The number of rotatable bonds is 1. The van der Waals surface area contributed by atoms with E-state index in [9.17, 15) is 4.79 Å². The average molecular weight is 292 g/mol. The van der Waals surface area contributed by atoms with Gasteiger partial charge in [-0.05, 0) is 37.9 Å². The van der Waals surface area contributed by atoms with Crippen LogP contribution in [-0.4, -0.2) is 4.57 Å². The maximum absolute atomic E-state index is 11.3. The molecule has 0 radical (unpaired) electrons. The monoisotopic (exact) mass is 290 g/mol. The molecule has 5 heteroatoms. The molecule has 1 aromatic rings. The quantitative estimate of drug-likeness (QED) is 0.793. The van der Waals surface area contributed by atoms with Crippen molar-refractivity contribution in [1.82, 2.24) is 4.57 Å². The molecular weight excluding hydrogens is 288 g/mol. The standard InChI is InChI=1S/C7H4Br2N2O/c8-5-3-6(9)7(12)11(4-5)2-1-10/h3-4H,2H2. The van der Waals surface area contributed by atoms with Crippen LogP contribution in [0.1, 0.15) is 0 Å². The van der Waals surface area contributed by atoms with E-state index in [-0.39, 0.29) is 12.1 Å². The number of nitriles is 1. The summed E-state index contributed by atoms with van der Waals surface area (Å²) < 4.78 is 2.55. The van der Waals surface area contributed by atoms with Gasteiger partial charge >= 0.3 is 0 Å². The highest BCUT2D eigenvalue weighted by atomic mass is 79.9. The molecule has 0 N–H and O–H groups in total. The smallest absolute Gasteiger partial charge is 0.265 e. The topological polar surface area (TPSA) is 45.8 Å². The van der Waals surface area contributed by atoms with Gasteiger partial charge in [0, 0.05) is 10.7 Å². The van der Waals surface area contributed by atoms with Gasteiger partial charge in [-0.3, -0.25) is 9.36 Å². The first kappa shape index (κ1) is 9.49. The molecule has 0 amide bonds. The Morgan fingerprint density at radius 1 is 1.58 bits per heavy atom. The van der Waals surface area contributed by atoms with Crippen LogP contribution in [0, 0.1) is 11.3 Å². The molecular formula is C7H4Br2N2O. The Kier molecular flexibility index (Phi) is 3.06. The summed E-state index contributed by atoms with van der Waals surface area (Å²) >= 11 is 6.31. The van der Waals surface area contributed by atoms with Crippen molar-refractivity contribution in [3.05, 3.63) is 31.6 Å². The van der Waals surface area contributed by atoms with Gasteiger partial charge in [0.15, 0.2) is 0 Å². The van der Waals surface area contributed by atoms with Crippen LogP contribution < -0.4 is 5.56 Å². The average Bonchev–Trinajstić information content (AvgIpc) is 2.00. The van der Waals surface area contributed by atoms with Gasteiger partial charge in [0.05, 0.1) is 10.5 Å². The normalized spacial score (nSPS) is 9.42. The predicted molar refractivity (Wildman–Crippen MR) is 51.7 cm³/mol. The first-order valence-corrected chi connectivity index (χ1v) is 4.66. The zero-order valence-electron chi connectivity index (χ0n) is 5.92. The van der Waals surface area contributed by atoms with Crippen LogP contribution >= 0.6 is 31.9 Å². The van der Waals surface area contributed by atoms with Crippen LogP contribution in [0.25, 0.3) is 0 Å². The third-order valence-corrected chi connectivity index (χ3v) is 2.25. The van der Waals surface area contributed by atoms with E-state index in [2.05, 4.69) is 31.9 Å². The highest BCUT2D eigenvalue weighted by molar-refractivity contribution is 9.11. The zero-order chi connectivity index (χ0) is 9.14. The van der Waals surface area contributed by atoms with E-state index in [4.69, 9.17) is 5.26 Å². The largest absolute Gasteiger partial charge is 0.300 e. The maximum Gasteiger partial charge on any atom is 0.265 e. The summed E-state index contributed by atoms with van der Waals surface area (Å²) in [6, 6.07) is 3.55. The zero-order valence-corrected chi connectivity index (χ0v) is 9.09. The summed E-state index contributed by atoms with van der Waals surface area (Å²) in [6.07, 6.45) is 1.58. The van der Waals surface area contributed by atoms with Crippen molar-refractivity contribution in [2.45, 2.75) is 6.54 Å². The summed E-state index contributed by atoms with van der Waals surface area (Å²) in [4.78, 5) is 11.3. The Hall–Kier alpha value is -0.600. The van der Waals surface area contributed by atoms with E-state index in [0.29, 0.717) is 4.47 Å². The van der Waals surface area contributed by atoms with Gasteiger partial charge in [-0.1, -0.05) is 0 Å². The van der Waals surface area contributed by atoms with Crippen molar-refractivity contribution in [2.24, 2.45) is 0 Å². The third kappa shape index (κ3) is 1.96. The predicted octanol–water partition coefficient (Wildman–Crippen LogP) is 1.90. The fraction of sp³-hybridized carbons (Fsp3) is 0.143. The minimum atomic E-state index is -0.195. The van der Waals surface area contributed by atoms with Crippen molar-refractivity contribution >= 4 is 31.9 Å². The lowest BCUT2D eigenvalue weighted by Gasteiger charge is -2.00. The van der Waals surface area contributed by atoms with Gasteiger partial charge in [0.1, 0.15) is 6.54 Å². The summed E-state index contributed by atoms with van der Waals surface area (Å²) in [7, 11) is 0. The van der Waals surface area contributed by atoms with Gasteiger partial charge in [-0.2, -0.15) is 5.26 Å². The van der Waals surface area contributed by atoms with Crippen molar-refractivity contribution in [2.75, 3.05) is 0 Å². The van der Waals surface area contributed by atoms with Gasteiger partial charge < -0.3 is 0 Å². The molecule has 0 bridgehead atoms. The van der Waals surface area contributed by atoms with Crippen LogP contribution in [0.4, 0.5) is 0 Å². The molecule has 3 nitrogen and oxygen atoms in total. The second kappa shape index (κ2) is 3.87. The van der Waals surface area contributed by atoms with Crippen LogP contribution in [0.15, 0.2) is 26.0 Å². The Morgan fingerprint density at radius 3 is 2.83 bits per heavy atom.